The molecule has 0 saturated carbocycles. The lowest BCUT2D eigenvalue weighted by molar-refractivity contribution is -0.272. The van der Waals surface area contributed by atoms with Crippen molar-refractivity contribution in [3.8, 4) is 0 Å². The molecular weight excluding hydrogens is 209 g/mol. The first kappa shape index (κ1) is 14.3. The van der Waals surface area contributed by atoms with E-state index in [4.69, 9.17) is 4.74 Å². The van der Waals surface area contributed by atoms with Crippen molar-refractivity contribution in [1.29, 1.82) is 0 Å². The molecule has 0 saturated heterocycles. The summed E-state index contributed by atoms with van der Waals surface area (Å²) >= 11 is 0. The number of ether oxygens (including phenoxy) is 1. The lowest BCUT2D eigenvalue weighted by Gasteiger charge is -2.35. The van der Waals surface area contributed by atoms with Crippen LogP contribution < -0.4 is 0 Å². The van der Waals surface area contributed by atoms with Crippen molar-refractivity contribution in [2.75, 3.05) is 0 Å². The quantitative estimate of drug-likeness (QED) is 0.747. The third kappa shape index (κ3) is 2.87. The van der Waals surface area contributed by atoms with E-state index in [2.05, 4.69) is 6.58 Å². The Morgan fingerprint density at radius 1 is 1.20 bits per heavy atom. The summed E-state index contributed by atoms with van der Waals surface area (Å²) in [5, 5.41) is 9.59. The van der Waals surface area contributed by atoms with Crippen molar-refractivity contribution in [1.82, 2.24) is 0 Å². The van der Waals surface area contributed by atoms with Crippen LogP contribution in [-0.2, 0) is 4.74 Å². The van der Waals surface area contributed by atoms with Crippen molar-refractivity contribution in [2.24, 2.45) is 5.92 Å². The van der Waals surface area contributed by atoms with Gasteiger partial charge in [-0.1, -0.05) is 20.4 Å². The predicted molar refractivity (Wildman–Crippen MR) is 51.2 cm³/mol. The van der Waals surface area contributed by atoms with E-state index in [1.54, 1.807) is 13.8 Å². The van der Waals surface area contributed by atoms with Gasteiger partial charge < -0.3 is 9.84 Å². The Hall–Kier alpha value is -0.710. The zero-order chi connectivity index (χ0) is 12.4. The lowest BCUT2D eigenvalue weighted by Crippen LogP contribution is -2.51. The zero-order valence-corrected chi connectivity index (χ0v) is 9.35. The zero-order valence-electron chi connectivity index (χ0n) is 9.35. The molecule has 0 rings (SSSR count). The van der Waals surface area contributed by atoms with E-state index in [-0.39, 0.29) is 0 Å². The highest BCUT2D eigenvalue weighted by atomic mass is 19.4. The summed E-state index contributed by atoms with van der Waals surface area (Å²) in [4.78, 5) is 0. The highest BCUT2D eigenvalue weighted by Crippen LogP contribution is 2.41. The molecule has 0 aliphatic rings. The molecule has 0 aromatic carbocycles. The summed E-state index contributed by atoms with van der Waals surface area (Å²) in [6.07, 6.45) is -5.24. The number of hydrogen-bond acceptors (Lipinski definition) is 2. The topological polar surface area (TPSA) is 29.5 Å². The third-order valence-corrected chi connectivity index (χ3v) is 2.07. The number of halogens is 3. The van der Waals surface area contributed by atoms with E-state index in [0.29, 0.717) is 0 Å². The van der Waals surface area contributed by atoms with Crippen LogP contribution >= 0.6 is 0 Å². The van der Waals surface area contributed by atoms with Gasteiger partial charge in [0.2, 0.25) is 5.60 Å². The maximum absolute atomic E-state index is 12.7. The first-order valence-corrected chi connectivity index (χ1v) is 4.68. The number of alkyl halides is 3. The minimum absolute atomic E-state index is 0.454. The number of rotatable bonds is 4. The van der Waals surface area contributed by atoms with Crippen LogP contribution in [0.4, 0.5) is 13.2 Å². The molecular formula is C10H17F3O2. The Morgan fingerprint density at radius 3 is 1.80 bits per heavy atom. The summed E-state index contributed by atoms with van der Waals surface area (Å²) < 4.78 is 42.8. The standard InChI is InChI=1S/C10H17F3O2/c1-6(2)9(14,10(11,12)13)8(5)15-7(3)4/h6-7,14H,5H2,1-4H3. The predicted octanol–water partition coefficient (Wildman–Crippen LogP) is 2.87. The minimum Gasteiger partial charge on any atom is -0.493 e. The second-order valence-corrected chi connectivity index (χ2v) is 4.01. The Balaban J connectivity index is 5.05. The van der Waals surface area contributed by atoms with E-state index < -0.39 is 29.6 Å². The molecule has 15 heavy (non-hydrogen) atoms. The highest BCUT2D eigenvalue weighted by Gasteiger charge is 2.59. The van der Waals surface area contributed by atoms with Gasteiger partial charge in [-0.05, 0) is 19.8 Å². The molecule has 0 bridgehead atoms. The molecule has 0 radical (unpaired) electrons. The summed E-state index contributed by atoms with van der Waals surface area (Å²) in [7, 11) is 0. The minimum atomic E-state index is -4.78. The fourth-order valence-electron chi connectivity index (χ4n) is 1.18. The van der Waals surface area contributed by atoms with Crippen LogP contribution in [0.15, 0.2) is 12.3 Å². The van der Waals surface area contributed by atoms with Gasteiger partial charge in [0.1, 0.15) is 5.76 Å². The average Bonchev–Trinajstić information content (AvgIpc) is 1.98. The molecule has 5 heteroatoms. The van der Waals surface area contributed by atoms with Gasteiger partial charge in [-0.15, -0.1) is 0 Å². The van der Waals surface area contributed by atoms with E-state index in [9.17, 15) is 18.3 Å². The van der Waals surface area contributed by atoms with Crippen LogP contribution in [0.3, 0.4) is 0 Å². The highest BCUT2D eigenvalue weighted by molar-refractivity contribution is 5.12. The molecule has 90 valence electrons. The Bertz CT molecular complexity index is 233. The van der Waals surface area contributed by atoms with Crippen LogP contribution in [0.1, 0.15) is 27.7 Å². The second-order valence-electron chi connectivity index (χ2n) is 4.01. The molecule has 1 unspecified atom stereocenters. The Morgan fingerprint density at radius 2 is 1.60 bits per heavy atom. The fourth-order valence-corrected chi connectivity index (χ4v) is 1.18. The van der Waals surface area contributed by atoms with Crippen LogP contribution in [0, 0.1) is 5.92 Å². The van der Waals surface area contributed by atoms with Gasteiger partial charge in [0.05, 0.1) is 6.10 Å². The molecule has 0 spiro atoms. The van der Waals surface area contributed by atoms with Crippen molar-refractivity contribution >= 4 is 0 Å². The van der Waals surface area contributed by atoms with E-state index in [1.165, 1.54) is 13.8 Å². The normalized spacial score (nSPS) is 16.7. The Kier molecular flexibility index (Phi) is 4.22. The molecule has 0 heterocycles. The molecule has 0 amide bonds. The van der Waals surface area contributed by atoms with E-state index in [0.717, 1.165) is 0 Å². The molecule has 0 fully saturated rings. The van der Waals surface area contributed by atoms with Crippen LogP contribution in [-0.4, -0.2) is 23.0 Å². The van der Waals surface area contributed by atoms with Gasteiger partial charge in [-0.3, -0.25) is 0 Å². The monoisotopic (exact) mass is 226 g/mol. The maximum Gasteiger partial charge on any atom is 0.424 e. The van der Waals surface area contributed by atoms with Gasteiger partial charge >= 0.3 is 6.18 Å². The van der Waals surface area contributed by atoms with Crippen molar-refractivity contribution < 1.29 is 23.0 Å². The van der Waals surface area contributed by atoms with Gasteiger partial charge in [-0.25, -0.2) is 0 Å². The molecule has 1 atom stereocenters. The smallest absolute Gasteiger partial charge is 0.424 e. The van der Waals surface area contributed by atoms with Gasteiger partial charge in [-0.2, -0.15) is 13.2 Å². The van der Waals surface area contributed by atoms with Crippen LogP contribution in [0.5, 0.6) is 0 Å². The molecule has 0 aromatic heterocycles. The number of hydrogen-bond donors (Lipinski definition) is 1. The summed E-state index contributed by atoms with van der Waals surface area (Å²) in [5.74, 6) is -1.70. The van der Waals surface area contributed by atoms with E-state index in [1.807, 2.05) is 0 Å². The van der Waals surface area contributed by atoms with Gasteiger partial charge in [0.15, 0.2) is 0 Å². The molecule has 0 aromatic rings. The maximum atomic E-state index is 12.7. The lowest BCUT2D eigenvalue weighted by atomic mass is 9.88. The first-order chi connectivity index (χ1) is 6.53. The first-order valence-electron chi connectivity index (χ1n) is 4.68. The summed E-state index contributed by atoms with van der Waals surface area (Å²) in [6.45, 7) is 8.84. The van der Waals surface area contributed by atoms with Crippen LogP contribution in [0.2, 0.25) is 0 Å². The van der Waals surface area contributed by atoms with Gasteiger partial charge in [0.25, 0.3) is 0 Å². The summed E-state index contributed by atoms with van der Waals surface area (Å²) in [5.41, 5.74) is -2.99. The largest absolute Gasteiger partial charge is 0.493 e. The molecule has 0 aliphatic heterocycles. The Labute approximate surface area is 87.7 Å². The third-order valence-electron chi connectivity index (χ3n) is 2.07. The van der Waals surface area contributed by atoms with Crippen molar-refractivity contribution in [3.05, 3.63) is 12.3 Å². The second kappa shape index (κ2) is 4.43. The SMILES string of the molecule is C=C(OC(C)C)C(O)(C(C)C)C(F)(F)F. The number of aliphatic hydroxyl groups is 1. The molecule has 0 aliphatic carbocycles. The average molecular weight is 226 g/mol. The van der Waals surface area contributed by atoms with Crippen molar-refractivity contribution in [3.63, 3.8) is 0 Å². The molecule has 2 nitrogen and oxygen atoms in total. The van der Waals surface area contributed by atoms with E-state index >= 15 is 0 Å². The summed E-state index contributed by atoms with van der Waals surface area (Å²) in [6, 6.07) is 0. The van der Waals surface area contributed by atoms with Crippen LogP contribution in [0.25, 0.3) is 0 Å². The van der Waals surface area contributed by atoms with Crippen molar-refractivity contribution in [2.45, 2.75) is 45.6 Å². The molecule has 1 N–H and O–H groups in total. The van der Waals surface area contributed by atoms with Gasteiger partial charge in [0, 0.05) is 0 Å². The fraction of sp³-hybridized carbons (Fsp3) is 0.800.